The van der Waals surface area contributed by atoms with Gasteiger partial charge in [0.2, 0.25) is 0 Å². The van der Waals surface area contributed by atoms with Crippen LogP contribution in [0.25, 0.3) is 0 Å². The van der Waals surface area contributed by atoms with Crippen LogP contribution >= 0.6 is 0 Å². The number of anilines is 1. The summed E-state index contributed by atoms with van der Waals surface area (Å²) in [5.41, 5.74) is 8.72. The lowest BCUT2D eigenvalue weighted by Crippen LogP contribution is -2.24. The Hall–Kier alpha value is -2.30. The molecule has 0 aliphatic carbocycles. The first kappa shape index (κ1) is 14.1. The number of nitrogen functional groups attached to an aromatic ring is 1. The molecule has 106 valence electrons. The number of aryl methyl sites for hydroxylation is 1. The SMILES string of the molecule is CC(C)c1ccc(CNC(=O)c2nn(C)cc2N)cc1. The van der Waals surface area contributed by atoms with Crippen molar-refractivity contribution in [1.82, 2.24) is 15.1 Å². The molecule has 1 amide bonds. The fraction of sp³-hybridized carbons (Fsp3) is 0.333. The van der Waals surface area contributed by atoms with Crippen molar-refractivity contribution in [2.75, 3.05) is 5.73 Å². The van der Waals surface area contributed by atoms with E-state index in [2.05, 4.69) is 36.4 Å². The zero-order valence-corrected chi connectivity index (χ0v) is 12.1. The Bertz CT molecular complexity index is 599. The highest BCUT2D eigenvalue weighted by Crippen LogP contribution is 2.14. The van der Waals surface area contributed by atoms with E-state index < -0.39 is 0 Å². The number of carbonyl (C=O) groups excluding carboxylic acids is 1. The van der Waals surface area contributed by atoms with Gasteiger partial charge in [-0.1, -0.05) is 38.1 Å². The highest BCUT2D eigenvalue weighted by Gasteiger charge is 2.13. The predicted octanol–water partition coefficient (Wildman–Crippen LogP) is 2.06. The Kier molecular flexibility index (Phi) is 4.08. The van der Waals surface area contributed by atoms with E-state index in [1.54, 1.807) is 13.2 Å². The van der Waals surface area contributed by atoms with Gasteiger partial charge in [-0.3, -0.25) is 9.48 Å². The largest absolute Gasteiger partial charge is 0.396 e. The van der Waals surface area contributed by atoms with Gasteiger partial charge in [-0.25, -0.2) is 0 Å². The Morgan fingerprint density at radius 3 is 2.50 bits per heavy atom. The third-order valence-corrected chi connectivity index (χ3v) is 3.17. The first-order chi connectivity index (χ1) is 9.47. The maximum absolute atomic E-state index is 12.0. The molecule has 0 saturated heterocycles. The molecule has 1 aromatic heterocycles. The number of hydrogen-bond acceptors (Lipinski definition) is 3. The van der Waals surface area contributed by atoms with Crippen molar-refractivity contribution in [3.63, 3.8) is 0 Å². The van der Waals surface area contributed by atoms with Crippen LogP contribution in [0.1, 0.15) is 41.4 Å². The molecule has 5 heteroatoms. The summed E-state index contributed by atoms with van der Waals surface area (Å²) in [5.74, 6) is 0.253. The smallest absolute Gasteiger partial charge is 0.274 e. The number of benzene rings is 1. The second-order valence-corrected chi connectivity index (χ2v) is 5.19. The third-order valence-electron chi connectivity index (χ3n) is 3.17. The fourth-order valence-electron chi connectivity index (χ4n) is 1.97. The van der Waals surface area contributed by atoms with E-state index >= 15 is 0 Å². The van der Waals surface area contributed by atoms with Crippen LogP contribution in [0.4, 0.5) is 5.69 Å². The highest BCUT2D eigenvalue weighted by atomic mass is 16.1. The zero-order valence-electron chi connectivity index (χ0n) is 12.1. The van der Waals surface area contributed by atoms with Crippen LogP contribution in [-0.4, -0.2) is 15.7 Å². The number of carbonyl (C=O) groups is 1. The van der Waals surface area contributed by atoms with Crippen molar-refractivity contribution in [3.05, 3.63) is 47.3 Å². The Labute approximate surface area is 118 Å². The summed E-state index contributed by atoms with van der Waals surface area (Å²) < 4.78 is 1.53. The van der Waals surface area contributed by atoms with E-state index in [1.807, 2.05) is 12.1 Å². The number of aromatic nitrogens is 2. The average molecular weight is 272 g/mol. The molecule has 0 fully saturated rings. The van der Waals surface area contributed by atoms with Crippen LogP contribution in [-0.2, 0) is 13.6 Å². The van der Waals surface area contributed by atoms with Crippen LogP contribution in [0.5, 0.6) is 0 Å². The molecule has 0 saturated carbocycles. The molecule has 3 N–H and O–H groups in total. The molecule has 0 aliphatic rings. The summed E-state index contributed by atoms with van der Waals surface area (Å²) in [6.07, 6.45) is 1.62. The van der Waals surface area contributed by atoms with E-state index in [1.165, 1.54) is 10.2 Å². The second kappa shape index (κ2) is 5.77. The summed E-state index contributed by atoms with van der Waals surface area (Å²) >= 11 is 0. The molecular formula is C15H20N4O. The van der Waals surface area contributed by atoms with Crippen molar-refractivity contribution < 1.29 is 4.79 Å². The lowest BCUT2D eigenvalue weighted by Gasteiger charge is -2.07. The van der Waals surface area contributed by atoms with E-state index in [9.17, 15) is 4.79 Å². The normalized spacial score (nSPS) is 10.8. The number of nitrogens with two attached hydrogens (primary N) is 1. The van der Waals surface area contributed by atoms with E-state index in [0.29, 0.717) is 18.2 Å². The van der Waals surface area contributed by atoms with Gasteiger partial charge in [-0.05, 0) is 17.0 Å². The molecule has 5 nitrogen and oxygen atoms in total. The molecule has 2 rings (SSSR count). The van der Waals surface area contributed by atoms with Gasteiger partial charge in [0.25, 0.3) is 5.91 Å². The molecule has 0 radical (unpaired) electrons. The van der Waals surface area contributed by atoms with Gasteiger partial charge in [-0.15, -0.1) is 0 Å². The minimum atomic E-state index is -0.254. The summed E-state index contributed by atoms with van der Waals surface area (Å²) in [6, 6.07) is 8.22. The van der Waals surface area contributed by atoms with Crippen molar-refractivity contribution in [2.45, 2.75) is 26.3 Å². The quantitative estimate of drug-likeness (QED) is 0.894. The van der Waals surface area contributed by atoms with Gasteiger partial charge in [0.1, 0.15) is 0 Å². The lowest BCUT2D eigenvalue weighted by atomic mass is 10.0. The molecule has 20 heavy (non-hydrogen) atoms. The monoisotopic (exact) mass is 272 g/mol. The van der Waals surface area contributed by atoms with Crippen molar-refractivity contribution in [2.24, 2.45) is 7.05 Å². The number of nitrogens with one attached hydrogen (secondary N) is 1. The van der Waals surface area contributed by atoms with E-state index in [4.69, 9.17) is 5.73 Å². The summed E-state index contributed by atoms with van der Waals surface area (Å²) in [7, 11) is 1.73. The zero-order chi connectivity index (χ0) is 14.7. The van der Waals surface area contributed by atoms with Gasteiger partial charge < -0.3 is 11.1 Å². The maximum atomic E-state index is 12.0. The summed E-state index contributed by atoms with van der Waals surface area (Å²) in [5, 5.41) is 6.86. The van der Waals surface area contributed by atoms with Gasteiger partial charge in [0, 0.05) is 19.8 Å². The Balaban J connectivity index is 1.98. The standard InChI is InChI=1S/C15H20N4O/c1-10(2)12-6-4-11(5-7-12)8-17-15(20)14-13(16)9-19(3)18-14/h4-7,9-10H,8,16H2,1-3H3,(H,17,20). The number of hydrogen-bond donors (Lipinski definition) is 2. The third kappa shape index (κ3) is 3.17. The Morgan fingerprint density at radius 2 is 2.00 bits per heavy atom. The van der Waals surface area contributed by atoms with Crippen LogP contribution in [0, 0.1) is 0 Å². The van der Waals surface area contributed by atoms with Gasteiger partial charge >= 0.3 is 0 Å². The van der Waals surface area contributed by atoms with Crippen LogP contribution in [0.3, 0.4) is 0 Å². The minimum Gasteiger partial charge on any atom is -0.396 e. The van der Waals surface area contributed by atoms with Crippen LogP contribution < -0.4 is 11.1 Å². The Morgan fingerprint density at radius 1 is 1.35 bits per heavy atom. The minimum absolute atomic E-state index is 0.254. The molecule has 0 bridgehead atoms. The molecule has 1 heterocycles. The topological polar surface area (TPSA) is 72.9 Å². The number of amides is 1. The van der Waals surface area contributed by atoms with E-state index in [0.717, 1.165) is 5.56 Å². The van der Waals surface area contributed by atoms with Crippen molar-refractivity contribution in [1.29, 1.82) is 0 Å². The van der Waals surface area contributed by atoms with Gasteiger partial charge in [-0.2, -0.15) is 5.10 Å². The van der Waals surface area contributed by atoms with Crippen LogP contribution in [0.15, 0.2) is 30.5 Å². The molecule has 2 aromatic rings. The highest BCUT2D eigenvalue weighted by molar-refractivity contribution is 5.96. The van der Waals surface area contributed by atoms with Gasteiger partial charge in [0.15, 0.2) is 5.69 Å². The molecule has 0 unspecified atom stereocenters. The summed E-state index contributed by atoms with van der Waals surface area (Å²) in [4.78, 5) is 12.0. The maximum Gasteiger partial charge on any atom is 0.274 e. The van der Waals surface area contributed by atoms with E-state index in [-0.39, 0.29) is 11.6 Å². The number of rotatable bonds is 4. The molecule has 1 aromatic carbocycles. The van der Waals surface area contributed by atoms with Crippen molar-refractivity contribution >= 4 is 11.6 Å². The average Bonchev–Trinajstić information content (AvgIpc) is 2.75. The predicted molar refractivity (Wildman–Crippen MR) is 79.3 cm³/mol. The molecular weight excluding hydrogens is 252 g/mol. The summed E-state index contributed by atoms with van der Waals surface area (Å²) in [6.45, 7) is 4.77. The van der Waals surface area contributed by atoms with Crippen LogP contribution in [0.2, 0.25) is 0 Å². The van der Waals surface area contributed by atoms with Gasteiger partial charge in [0.05, 0.1) is 5.69 Å². The molecule has 0 atom stereocenters. The first-order valence-corrected chi connectivity index (χ1v) is 6.63. The molecule has 0 aliphatic heterocycles. The lowest BCUT2D eigenvalue weighted by molar-refractivity contribution is 0.0946. The second-order valence-electron chi connectivity index (χ2n) is 5.19. The van der Waals surface area contributed by atoms with Crippen molar-refractivity contribution in [3.8, 4) is 0 Å². The molecule has 0 spiro atoms. The fourth-order valence-corrected chi connectivity index (χ4v) is 1.97. The number of nitrogens with zero attached hydrogens (tertiary/aromatic N) is 2. The first-order valence-electron chi connectivity index (χ1n) is 6.63.